The summed E-state index contributed by atoms with van der Waals surface area (Å²) >= 11 is 6.11. The van der Waals surface area contributed by atoms with Gasteiger partial charge in [0.05, 0.1) is 32.2 Å². The number of hydrogen-bond acceptors (Lipinski definition) is 1. The van der Waals surface area contributed by atoms with Crippen LogP contribution < -0.4 is 9.80 Å². The van der Waals surface area contributed by atoms with Gasteiger partial charge < -0.3 is 9.80 Å². The van der Waals surface area contributed by atoms with E-state index in [2.05, 4.69) is 23.1 Å². The lowest BCUT2D eigenvalue weighted by Crippen LogP contribution is -3.18. The fourth-order valence-corrected chi connectivity index (χ4v) is 5.03. The molecule has 0 aromatic heterocycles. The van der Waals surface area contributed by atoms with Gasteiger partial charge in [-0.2, -0.15) is 0 Å². The monoisotopic (exact) mass is 291 g/mol. The average Bonchev–Trinajstić information content (AvgIpc) is 3.10. The summed E-state index contributed by atoms with van der Waals surface area (Å²) in [5.41, 5.74) is 1.30. The molecule has 1 aromatic carbocycles. The highest BCUT2D eigenvalue weighted by atomic mass is 35.5. The molecule has 2 bridgehead atoms. The van der Waals surface area contributed by atoms with E-state index in [1.54, 1.807) is 0 Å². The Bertz CT molecular complexity index is 482. The van der Waals surface area contributed by atoms with Gasteiger partial charge in [-0.15, -0.1) is 0 Å². The minimum absolute atomic E-state index is 0.852. The number of anilines is 1. The molecule has 3 aliphatic rings. The molecule has 1 N–H and O–H groups in total. The minimum atomic E-state index is 0.852. The van der Waals surface area contributed by atoms with Crippen molar-refractivity contribution in [1.29, 1.82) is 0 Å². The van der Waals surface area contributed by atoms with E-state index in [9.17, 15) is 0 Å². The van der Waals surface area contributed by atoms with E-state index in [1.807, 2.05) is 11.0 Å². The van der Waals surface area contributed by atoms with Crippen molar-refractivity contribution in [3.63, 3.8) is 0 Å². The topological polar surface area (TPSA) is 7.68 Å². The van der Waals surface area contributed by atoms with Crippen LogP contribution in [0.4, 0.5) is 5.69 Å². The number of nitrogens with one attached hydrogen (secondary N) is 1. The van der Waals surface area contributed by atoms with Gasteiger partial charge in [0.15, 0.2) is 0 Å². The van der Waals surface area contributed by atoms with Crippen LogP contribution in [0.25, 0.3) is 0 Å². The molecule has 108 valence electrons. The van der Waals surface area contributed by atoms with E-state index < -0.39 is 0 Å². The van der Waals surface area contributed by atoms with Crippen molar-refractivity contribution in [2.45, 2.75) is 31.7 Å². The van der Waals surface area contributed by atoms with Crippen LogP contribution in [0.5, 0.6) is 0 Å². The Labute approximate surface area is 126 Å². The Morgan fingerprint density at radius 1 is 1.10 bits per heavy atom. The zero-order chi connectivity index (χ0) is 13.5. The molecule has 0 amide bonds. The van der Waals surface area contributed by atoms with Crippen LogP contribution in [0.15, 0.2) is 24.3 Å². The largest absolute Gasteiger partial charge is 0.360 e. The third-order valence-electron chi connectivity index (χ3n) is 5.84. The van der Waals surface area contributed by atoms with Crippen LogP contribution in [-0.4, -0.2) is 32.2 Å². The van der Waals surface area contributed by atoms with Crippen molar-refractivity contribution in [2.24, 2.45) is 11.8 Å². The summed E-state index contributed by atoms with van der Waals surface area (Å²) in [6, 6.07) is 9.29. The van der Waals surface area contributed by atoms with E-state index in [1.165, 1.54) is 57.5 Å². The van der Waals surface area contributed by atoms with Crippen LogP contribution in [0.2, 0.25) is 5.02 Å². The summed E-state index contributed by atoms with van der Waals surface area (Å²) in [5, 5.41) is 0.852. The zero-order valence-corrected chi connectivity index (χ0v) is 12.8. The van der Waals surface area contributed by atoms with Gasteiger partial charge in [-0.05, 0) is 43.4 Å². The lowest BCUT2D eigenvalue weighted by Gasteiger charge is -2.39. The van der Waals surface area contributed by atoms with Crippen molar-refractivity contribution in [1.82, 2.24) is 0 Å². The third-order valence-corrected chi connectivity index (χ3v) is 6.08. The Hall–Kier alpha value is -0.730. The summed E-state index contributed by atoms with van der Waals surface area (Å²) in [6.07, 6.45) is 6.07. The molecule has 3 atom stereocenters. The van der Waals surface area contributed by atoms with E-state index in [4.69, 9.17) is 11.6 Å². The van der Waals surface area contributed by atoms with Gasteiger partial charge >= 0.3 is 0 Å². The van der Waals surface area contributed by atoms with Crippen molar-refractivity contribution >= 4 is 17.3 Å². The summed E-state index contributed by atoms with van der Waals surface area (Å²) in [5.74, 6) is 2.12. The SMILES string of the molecule is Clc1cccc(N2CC[NH+]([C@H]3C[C@H]4CC[C@@H]3C4)CC2)c1. The number of piperazine rings is 1. The number of benzene rings is 1. The first-order valence-electron chi connectivity index (χ1n) is 8.15. The first-order valence-corrected chi connectivity index (χ1v) is 8.52. The Morgan fingerprint density at radius 2 is 1.95 bits per heavy atom. The molecule has 1 aliphatic heterocycles. The van der Waals surface area contributed by atoms with E-state index >= 15 is 0 Å². The maximum atomic E-state index is 6.11. The number of nitrogens with zero attached hydrogens (tertiary/aromatic N) is 1. The predicted molar refractivity (Wildman–Crippen MR) is 83.6 cm³/mol. The van der Waals surface area contributed by atoms with Gasteiger partial charge in [0, 0.05) is 23.0 Å². The van der Waals surface area contributed by atoms with Gasteiger partial charge in [-0.3, -0.25) is 0 Å². The Balaban J connectivity index is 1.38. The van der Waals surface area contributed by atoms with Crippen LogP contribution in [-0.2, 0) is 0 Å². The molecule has 2 saturated carbocycles. The summed E-state index contributed by atoms with van der Waals surface area (Å²) < 4.78 is 0. The molecule has 2 nitrogen and oxygen atoms in total. The first-order chi connectivity index (χ1) is 9.79. The maximum Gasteiger partial charge on any atom is 0.0951 e. The average molecular weight is 292 g/mol. The lowest BCUT2D eigenvalue weighted by atomic mass is 9.93. The van der Waals surface area contributed by atoms with Gasteiger partial charge in [0.1, 0.15) is 0 Å². The second kappa shape index (κ2) is 5.23. The van der Waals surface area contributed by atoms with Crippen LogP contribution >= 0.6 is 11.6 Å². The van der Waals surface area contributed by atoms with Crippen molar-refractivity contribution in [2.75, 3.05) is 31.1 Å². The van der Waals surface area contributed by atoms with Crippen molar-refractivity contribution in [3.05, 3.63) is 29.3 Å². The van der Waals surface area contributed by atoms with Gasteiger partial charge in [-0.25, -0.2) is 0 Å². The minimum Gasteiger partial charge on any atom is -0.360 e. The quantitative estimate of drug-likeness (QED) is 0.878. The van der Waals surface area contributed by atoms with Crippen LogP contribution in [0, 0.1) is 11.8 Å². The number of fused-ring (bicyclic) bond motifs is 2. The number of quaternary nitrogens is 1. The summed E-state index contributed by atoms with van der Waals surface area (Å²) in [7, 11) is 0. The number of rotatable bonds is 2. The molecule has 1 aromatic rings. The highest BCUT2D eigenvalue weighted by molar-refractivity contribution is 6.30. The van der Waals surface area contributed by atoms with Gasteiger partial charge in [0.2, 0.25) is 0 Å². The molecule has 1 heterocycles. The molecule has 3 heteroatoms. The second-order valence-corrected chi connectivity index (χ2v) is 7.34. The fourth-order valence-electron chi connectivity index (χ4n) is 4.84. The maximum absolute atomic E-state index is 6.11. The normalized spacial score (nSPS) is 33.9. The zero-order valence-electron chi connectivity index (χ0n) is 12.0. The molecule has 0 unspecified atom stereocenters. The summed E-state index contributed by atoms with van der Waals surface area (Å²) in [6.45, 7) is 4.98. The third kappa shape index (κ3) is 2.33. The van der Waals surface area contributed by atoms with E-state index in [0.29, 0.717) is 0 Å². The van der Waals surface area contributed by atoms with Crippen molar-refractivity contribution in [3.8, 4) is 0 Å². The highest BCUT2D eigenvalue weighted by Crippen LogP contribution is 2.43. The van der Waals surface area contributed by atoms with Crippen molar-refractivity contribution < 1.29 is 4.90 Å². The molecule has 0 radical (unpaired) electrons. The highest BCUT2D eigenvalue weighted by Gasteiger charge is 2.45. The van der Waals surface area contributed by atoms with Crippen LogP contribution in [0.1, 0.15) is 25.7 Å². The predicted octanol–water partition coefficient (Wildman–Crippen LogP) is 2.23. The molecule has 1 saturated heterocycles. The number of halogens is 1. The molecule has 4 rings (SSSR count). The fraction of sp³-hybridized carbons (Fsp3) is 0.647. The summed E-state index contributed by atoms with van der Waals surface area (Å²) in [4.78, 5) is 4.39. The molecular formula is C17H24ClN2+. The molecule has 0 spiro atoms. The van der Waals surface area contributed by atoms with E-state index in [-0.39, 0.29) is 0 Å². The second-order valence-electron chi connectivity index (χ2n) is 6.91. The molecular weight excluding hydrogens is 268 g/mol. The van der Waals surface area contributed by atoms with Gasteiger partial charge in [0.25, 0.3) is 0 Å². The standard InChI is InChI=1S/C17H23ClN2/c18-15-2-1-3-16(12-15)19-6-8-20(9-7-19)17-11-13-4-5-14(17)10-13/h1-3,12-14,17H,4-11H2/p+1/t13-,14+,17-/m0/s1. The van der Waals surface area contributed by atoms with Gasteiger partial charge in [-0.1, -0.05) is 17.7 Å². The molecule has 3 fully saturated rings. The molecule has 2 aliphatic carbocycles. The Kier molecular flexibility index (Phi) is 3.39. The number of hydrogen-bond donors (Lipinski definition) is 1. The first kappa shape index (κ1) is 13.0. The smallest absolute Gasteiger partial charge is 0.0951 e. The lowest BCUT2D eigenvalue weighted by molar-refractivity contribution is -0.929. The Morgan fingerprint density at radius 3 is 2.60 bits per heavy atom. The van der Waals surface area contributed by atoms with Crippen LogP contribution in [0.3, 0.4) is 0 Å². The van der Waals surface area contributed by atoms with E-state index in [0.717, 1.165) is 22.9 Å². The molecule has 20 heavy (non-hydrogen) atoms.